The van der Waals surface area contributed by atoms with Crippen LogP contribution in [0.15, 0.2) is 42.6 Å². The molecule has 0 unspecified atom stereocenters. The lowest BCUT2D eigenvalue weighted by Crippen LogP contribution is -2.03. The molecule has 0 aliphatic rings. The lowest BCUT2D eigenvalue weighted by Gasteiger charge is -2.11. The molecule has 0 aliphatic heterocycles. The summed E-state index contributed by atoms with van der Waals surface area (Å²) in [6, 6.07) is 10.5. The summed E-state index contributed by atoms with van der Waals surface area (Å²) in [4.78, 5) is 4.37. The van der Waals surface area contributed by atoms with Gasteiger partial charge in [-0.3, -0.25) is 0 Å². The smallest absolute Gasteiger partial charge is 0.249 e. The maximum absolute atomic E-state index is 6.12. The highest BCUT2D eigenvalue weighted by Gasteiger charge is 2.08. The molecule has 9 heteroatoms. The lowest BCUT2D eigenvalue weighted by atomic mass is 10.3. The fourth-order valence-corrected chi connectivity index (χ4v) is 2.64. The van der Waals surface area contributed by atoms with Gasteiger partial charge in [0.1, 0.15) is 11.5 Å². The molecule has 0 radical (unpaired) electrons. The Hall–Kier alpha value is -2.77. The minimum absolute atomic E-state index is 0.303. The van der Waals surface area contributed by atoms with Gasteiger partial charge in [-0.25, -0.2) is 0 Å². The predicted octanol–water partition coefficient (Wildman–Crippen LogP) is 4.68. The molecule has 0 spiro atoms. The summed E-state index contributed by atoms with van der Waals surface area (Å²) in [6.07, 6.45) is 1.49. The van der Waals surface area contributed by atoms with E-state index in [0.29, 0.717) is 44.7 Å². The Kier molecular flexibility index (Phi) is 5.60. The van der Waals surface area contributed by atoms with Crippen molar-refractivity contribution >= 4 is 46.3 Å². The van der Waals surface area contributed by atoms with Crippen LogP contribution in [0.25, 0.3) is 0 Å². The Balaban J connectivity index is 1.80. The Morgan fingerprint density at radius 1 is 0.923 bits per heavy atom. The van der Waals surface area contributed by atoms with Gasteiger partial charge in [-0.2, -0.15) is 10.1 Å². The quantitative estimate of drug-likeness (QED) is 0.630. The van der Waals surface area contributed by atoms with Crippen molar-refractivity contribution in [2.75, 3.05) is 24.9 Å². The fourth-order valence-electron chi connectivity index (χ4n) is 2.21. The van der Waals surface area contributed by atoms with Crippen molar-refractivity contribution in [3.05, 3.63) is 52.6 Å². The van der Waals surface area contributed by atoms with Crippen molar-refractivity contribution < 1.29 is 9.47 Å². The van der Waals surface area contributed by atoms with Crippen molar-refractivity contribution in [1.29, 1.82) is 0 Å². The first-order valence-electron chi connectivity index (χ1n) is 7.50. The van der Waals surface area contributed by atoms with Crippen LogP contribution in [0.1, 0.15) is 0 Å². The number of methoxy groups -OCH3 is 2. The zero-order chi connectivity index (χ0) is 18.5. The van der Waals surface area contributed by atoms with E-state index in [1.54, 1.807) is 50.6 Å². The van der Waals surface area contributed by atoms with Gasteiger partial charge >= 0.3 is 0 Å². The first-order chi connectivity index (χ1) is 12.6. The Bertz CT molecular complexity index is 923. The second-order valence-electron chi connectivity index (χ2n) is 5.11. The number of benzene rings is 2. The van der Waals surface area contributed by atoms with Crippen LogP contribution in [0.3, 0.4) is 0 Å². The topological polar surface area (TPSA) is 81.2 Å². The molecule has 26 heavy (non-hydrogen) atoms. The summed E-state index contributed by atoms with van der Waals surface area (Å²) in [7, 11) is 3.13. The molecular weight excluding hydrogens is 377 g/mol. The van der Waals surface area contributed by atoms with E-state index in [-0.39, 0.29) is 0 Å². The molecule has 0 aliphatic carbocycles. The number of aromatic nitrogens is 3. The second-order valence-corrected chi connectivity index (χ2v) is 5.95. The number of nitrogens with zero attached hydrogens (tertiary/aromatic N) is 3. The number of hydrogen-bond donors (Lipinski definition) is 2. The molecule has 0 fully saturated rings. The standard InChI is InChI=1S/C17H15Cl2N5O2/c1-25-14-6-4-11(8-12(14)19)21-17-23-16(9-20-24-17)22-13-7-10(18)3-5-15(13)26-2/h3-9H,1-2H3,(H2,21,22,23,24). The number of ether oxygens (including phenoxy) is 2. The largest absolute Gasteiger partial charge is 0.495 e. The van der Waals surface area contributed by atoms with Crippen molar-refractivity contribution in [3.8, 4) is 11.5 Å². The minimum atomic E-state index is 0.303. The minimum Gasteiger partial charge on any atom is -0.495 e. The summed E-state index contributed by atoms with van der Waals surface area (Å²) in [5.41, 5.74) is 1.37. The van der Waals surface area contributed by atoms with Gasteiger partial charge in [0.05, 0.1) is 31.1 Å². The van der Waals surface area contributed by atoms with E-state index in [2.05, 4.69) is 25.8 Å². The summed E-state index contributed by atoms with van der Waals surface area (Å²) in [5, 5.41) is 15.1. The molecule has 7 nitrogen and oxygen atoms in total. The molecule has 0 amide bonds. The van der Waals surface area contributed by atoms with Crippen LogP contribution in [0.4, 0.5) is 23.1 Å². The van der Waals surface area contributed by atoms with Crippen LogP contribution in [-0.2, 0) is 0 Å². The molecular formula is C17H15Cl2N5O2. The molecule has 3 aromatic rings. The zero-order valence-corrected chi connectivity index (χ0v) is 15.5. The van der Waals surface area contributed by atoms with E-state index in [1.807, 2.05) is 0 Å². The summed E-state index contributed by atoms with van der Waals surface area (Å²) in [5.74, 6) is 1.99. The van der Waals surface area contributed by atoms with Gasteiger partial charge in [0, 0.05) is 10.7 Å². The summed E-state index contributed by atoms with van der Waals surface area (Å²) < 4.78 is 10.4. The third-order valence-corrected chi connectivity index (χ3v) is 3.92. The Labute approximate surface area is 160 Å². The first kappa shape index (κ1) is 18.0. The molecule has 2 N–H and O–H groups in total. The van der Waals surface area contributed by atoms with Crippen molar-refractivity contribution in [1.82, 2.24) is 15.2 Å². The van der Waals surface area contributed by atoms with Crippen LogP contribution in [0.5, 0.6) is 11.5 Å². The molecule has 1 heterocycles. The SMILES string of the molecule is COc1ccc(Nc2nncc(Nc3cc(Cl)ccc3OC)n2)cc1Cl. The van der Waals surface area contributed by atoms with Crippen molar-refractivity contribution in [2.45, 2.75) is 0 Å². The van der Waals surface area contributed by atoms with Gasteiger partial charge in [-0.05, 0) is 36.4 Å². The number of halogens is 2. The van der Waals surface area contributed by atoms with E-state index in [9.17, 15) is 0 Å². The highest BCUT2D eigenvalue weighted by molar-refractivity contribution is 6.32. The molecule has 0 bridgehead atoms. The lowest BCUT2D eigenvalue weighted by molar-refractivity contribution is 0.415. The Morgan fingerprint density at radius 2 is 1.69 bits per heavy atom. The first-order valence-corrected chi connectivity index (χ1v) is 8.25. The predicted molar refractivity (Wildman–Crippen MR) is 102 cm³/mol. The van der Waals surface area contributed by atoms with E-state index < -0.39 is 0 Å². The molecule has 0 atom stereocenters. The Morgan fingerprint density at radius 3 is 2.42 bits per heavy atom. The van der Waals surface area contributed by atoms with Gasteiger partial charge in [0.2, 0.25) is 5.95 Å². The maximum Gasteiger partial charge on any atom is 0.249 e. The number of anilines is 4. The van der Waals surface area contributed by atoms with Crippen molar-refractivity contribution in [3.63, 3.8) is 0 Å². The summed E-state index contributed by atoms with van der Waals surface area (Å²) >= 11 is 12.2. The maximum atomic E-state index is 6.12. The molecule has 2 aromatic carbocycles. The molecule has 1 aromatic heterocycles. The van der Waals surface area contributed by atoms with Gasteiger partial charge in [-0.1, -0.05) is 23.2 Å². The van der Waals surface area contributed by atoms with Crippen LogP contribution in [-0.4, -0.2) is 29.4 Å². The van der Waals surface area contributed by atoms with E-state index >= 15 is 0 Å². The van der Waals surface area contributed by atoms with Gasteiger partial charge < -0.3 is 20.1 Å². The normalized spacial score (nSPS) is 10.3. The number of hydrogen-bond acceptors (Lipinski definition) is 7. The fraction of sp³-hybridized carbons (Fsp3) is 0.118. The molecule has 0 saturated heterocycles. The van der Waals surface area contributed by atoms with Gasteiger partial charge in [-0.15, -0.1) is 5.10 Å². The monoisotopic (exact) mass is 391 g/mol. The van der Waals surface area contributed by atoms with Crippen LogP contribution < -0.4 is 20.1 Å². The molecule has 134 valence electrons. The average Bonchev–Trinajstić information content (AvgIpc) is 2.62. The third-order valence-electron chi connectivity index (χ3n) is 3.39. The third kappa shape index (κ3) is 4.25. The summed E-state index contributed by atoms with van der Waals surface area (Å²) in [6.45, 7) is 0. The molecule has 0 saturated carbocycles. The van der Waals surface area contributed by atoms with Crippen LogP contribution >= 0.6 is 23.2 Å². The van der Waals surface area contributed by atoms with E-state index in [0.717, 1.165) is 0 Å². The molecule has 3 rings (SSSR count). The van der Waals surface area contributed by atoms with Gasteiger partial charge in [0.15, 0.2) is 5.82 Å². The zero-order valence-electron chi connectivity index (χ0n) is 14.0. The van der Waals surface area contributed by atoms with Gasteiger partial charge in [0.25, 0.3) is 0 Å². The average molecular weight is 392 g/mol. The van der Waals surface area contributed by atoms with Crippen LogP contribution in [0.2, 0.25) is 10.0 Å². The number of nitrogens with one attached hydrogen (secondary N) is 2. The number of rotatable bonds is 6. The van der Waals surface area contributed by atoms with Crippen molar-refractivity contribution in [2.24, 2.45) is 0 Å². The highest BCUT2D eigenvalue weighted by atomic mass is 35.5. The van der Waals surface area contributed by atoms with E-state index in [4.69, 9.17) is 32.7 Å². The second kappa shape index (κ2) is 8.07. The van der Waals surface area contributed by atoms with E-state index in [1.165, 1.54) is 6.20 Å². The van der Waals surface area contributed by atoms with Crippen LogP contribution in [0, 0.1) is 0 Å². The highest BCUT2D eigenvalue weighted by Crippen LogP contribution is 2.31.